The molecule has 0 aromatic carbocycles. The first-order valence-corrected chi connectivity index (χ1v) is 12.9. The Morgan fingerprint density at radius 3 is 2.06 bits per heavy atom. The van der Waals surface area contributed by atoms with E-state index in [1.807, 2.05) is 6.33 Å². The van der Waals surface area contributed by atoms with Crippen LogP contribution in [0.4, 0.5) is 5.82 Å². The molecule has 1 aromatic heterocycles. The van der Waals surface area contributed by atoms with Crippen LogP contribution < -0.4 is 4.57 Å². The van der Waals surface area contributed by atoms with Crippen molar-refractivity contribution in [2.75, 3.05) is 11.1 Å². The van der Waals surface area contributed by atoms with Crippen LogP contribution in [-0.2, 0) is 0 Å². The first-order valence-electron chi connectivity index (χ1n) is 5.98. The van der Waals surface area contributed by atoms with E-state index in [4.69, 9.17) is 0 Å². The first kappa shape index (κ1) is 13.5. The summed E-state index contributed by atoms with van der Waals surface area (Å²) in [4.78, 5) is 4.58. The number of anilines is 1. The van der Waals surface area contributed by atoms with Crippen LogP contribution in [0.25, 0.3) is 0 Å². The van der Waals surface area contributed by atoms with E-state index in [0.29, 0.717) is 0 Å². The van der Waals surface area contributed by atoms with Crippen LogP contribution in [0.2, 0.25) is 39.3 Å². The van der Waals surface area contributed by atoms with E-state index < -0.39 is 16.5 Å². The molecular weight excluding hydrogens is 230 g/mol. The van der Waals surface area contributed by atoms with E-state index in [9.17, 15) is 0 Å². The first-order chi connectivity index (χ1) is 7.16. The van der Waals surface area contributed by atoms with Gasteiger partial charge in [0.15, 0.2) is 8.24 Å². The van der Waals surface area contributed by atoms with Crippen LogP contribution in [-0.4, -0.2) is 32.2 Å². The van der Waals surface area contributed by atoms with Gasteiger partial charge in [-0.05, 0) is 6.92 Å². The maximum absolute atomic E-state index is 4.58. The van der Waals surface area contributed by atoms with Gasteiger partial charge >= 0.3 is 0 Å². The molecule has 0 saturated heterocycles. The minimum Gasteiger partial charge on any atom is -0.383 e. The SMILES string of the molecule is CCN(c1cn([Si](C)(C)C)cn1)[Si](C)(C)C. The Labute approximate surface area is 102 Å². The van der Waals surface area contributed by atoms with Crippen molar-refractivity contribution in [2.45, 2.75) is 46.2 Å². The van der Waals surface area contributed by atoms with Crippen LogP contribution in [0.3, 0.4) is 0 Å². The molecule has 0 atom stereocenters. The summed E-state index contributed by atoms with van der Waals surface area (Å²) in [6.45, 7) is 17.4. The number of nitrogens with zero attached hydrogens (tertiary/aromatic N) is 3. The van der Waals surface area contributed by atoms with Crippen molar-refractivity contribution in [3.8, 4) is 0 Å². The third kappa shape index (κ3) is 2.98. The molecule has 0 aliphatic rings. The molecule has 16 heavy (non-hydrogen) atoms. The predicted octanol–water partition coefficient (Wildman–Crippen LogP) is 3.23. The van der Waals surface area contributed by atoms with Crippen molar-refractivity contribution >= 4 is 22.3 Å². The van der Waals surface area contributed by atoms with Gasteiger partial charge in [0.25, 0.3) is 0 Å². The molecule has 92 valence electrons. The maximum Gasteiger partial charge on any atom is 0.154 e. The second kappa shape index (κ2) is 4.37. The van der Waals surface area contributed by atoms with Crippen LogP contribution in [0, 0.1) is 0 Å². The van der Waals surface area contributed by atoms with Gasteiger partial charge in [0.1, 0.15) is 14.1 Å². The standard InChI is InChI=1S/C11H25N3Si2/c1-8-14(16(5,6)7)11-9-13(10-12-11)15(2,3)4/h9-10H,8H2,1-7H3. The van der Waals surface area contributed by atoms with Crippen molar-refractivity contribution in [2.24, 2.45) is 0 Å². The Balaban J connectivity index is 3.01. The molecule has 0 saturated carbocycles. The van der Waals surface area contributed by atoms with Gasteiger partial charge in [0.05, 0.1) is 6.33 Å². The van der Waals surface area contributed by atoms with E-state index in [1.54, 1.807) is 0 Å². The number of hydrogen-bond acceptors (Lipinski definition) is 2. The van der Waals surface area contributed by atoms with Crippen LogP contribution in [0.5, 0.6) is 0 Å². The Bertz CT molecular complexity index is 347. The summed E-state index contributed by atoms with van der Waals surface area (Å²) in [6.07, 6.45) is 4.23. The molecule has 0 aliphatic carbocycles. The van der Waals surface area contributed by atoms with Gasteiger partial charge < -0.3 is 8.80 Å². The van der Waals surface area contributed by atoms with E-state index in [2.05, 4.69) is 66.2 Å². The molecule has 0 fully saturated rings. The zero-order valence-electron chi connectivity index (χ0n) is 11.7. The summed E-state index contributed by atoms with van der Waals surface area (Å²) in [7, 11) is -2.59. The van der Waals surface area contributed by atoms with Crippen molar-refractivity contribution in [1.82, 2.24) is 9.22 Å². The summed E-state index contributed by atoms with van der Waals surface area (Å²) in [5, 5.41) is 0. The summed E-state index contributed by atoms with van der Waals surface area (Å²) in [5.74, 6) is 1.16. The highest BCUT2D eigenvalue weighted by atomic mass is 28.3. The van der Waals surface area contributed by atoms with Crippen molar-refractivity contribution in [3.63, 3.8) is 0 Å². The zero-order chi connectivity index (χ0) is 12.6. The molecule has 0 aliphatic heterocycles. The minimum atomic E-state index is -1.30. The van der Waals surface area contributed by atoms with Gasteiger partial charge in [0.2, 0.25) is 0 Å². The van der Waals surface area contributed by atoms with Gasteiger partial charge in [-0.15, -0.1) is 0 Å². The number of aromatic nitrogens is 2. The summed E-state index contributed by atoms with van der Waals surface area (Å²) >= 11 is 0. The van der Waals surface area contributed by atoms with E-state index in [1.165, 1.54) is 0 Å². The van der Waals surface area contributed by atoms with Gasteiger partial charge in [-0.1, -0.05) is 39.3 Å². The Morgan fingerprint density at radius 1 is 1.19 bits per heavy atom. The topological polar surface area (TPSA) is 21.1 Å². The third-order valence-electron chi connectivity index (χ3n) is 2.75. The zero-order valence-corrected chi connectivity index (χ0v) is 13.7. The number of rotatable bonds is 4. The highest BCUT2D eigenvalue weighted by molar-refractivity contribution is 6.79. The summed E-state index contributed by atoms with van der Waals surface area (Å²) in [5.41, 5.74) is 0. The van der Waals surface area contributed by atoms with Gasteiger partial charge in [-0.25, -0.2) is 4.98 Å². The van der Waals surface area contributed by atoms with Crippen LogP contribution >= 0.6 is 0 Å². The molecule has 0 N–H and O–H groups in total. The monoisotopic (exact) mass is 255 g/mol. The second-order valence-electron chi connectivity index (χ2n) is 6.23. The highest BCUT2D eigenvalue weighted by Gasteiger charge is 2.25. The van der Waals surface area contributed by atoms with Gasteiger partial charge in [-0.2, -0.15) is 0 Å². The van der Waals surface area contributed by atoms with Crippen LogP contribution in [0.15, 0.2) is 12.5 Å². The van der Waals surface area contributed by atoms with Crippen molar-refractivity contribution in [3.05, 3.63) is 12.5 Å². The summed E-state index contributed by atoms with van der Waals surface area (Å²) in [6, 6.07) is 0. The lowest BCUT2D eigenvalue weighted by atomic mass is 10.6. The normalized spacial score (nSPS) is 12.9. The molecule has 1 aromatic rings. The van der Waals surface area contributed by atoms with E-state index >= 15 is 0 Å². The quantitative estimate of drug-likeness (QED) is 0.770. The molecule has 0 unspecified atom stereocenters. The van der Waals surface area contributed by atoms with E-state index in [-0.39, 0.29) is 0 Å². The molecule has 0 bridgehead atoms. The fourth-order valence-electron chi connectivity index (χ4n) is 1.80. The average molecular weight is 256 g/mol. The average Bonchev–Trinajstić information content (AvgIpc) is 2.50. The fraction of sp³-hybridized carbons (Fsp3) is 0.727. The molecule has 3 nitrogen and oxygen atoms in total. The number of imidazole rings is 1. The minimum absolute atomic E-state index is 1.05. The lowest BCUT2D eigenvalue weighted by molar-refractivity contribution is 1.03. The molecule has 5 heteroatoms. The molecular formula is C11H25N3Si2. The van der Waals surface area contributed by atoms with Gasteiger partial charge in [-0.3, -0.25) is 0 Å². The lowest BCUT2D eigenvalue weighted by Gasteiger charge is -2.33. The predicted molar refractivity (Wildman–Crippen MR) is 77.3 cm³/mol. The molecule has 0 radical (unpaired) electrons. The lowest BCUT2D eigenvalue weighted by Crippen LogP contribution is -2.46. The Morgan fingerprint density at radius 2 is 1.75 bits per heavy atom. The highest BCUT2D eigenvalue weighted by Crippen LogP contribution is 2.20. The van der Waals surface area contributed by atoms with E-state index in [0.717, 1.165) is 12.4 Å². The van der Waals surface area contributed by atoms with Crippen molar-refractivity contribution in [1.29, 1.82) is 0 Å². The molecule has 1 heterocycles. The fourth-order valence-corrected chi connectivity index (χ4v) is 4.46. The Kier molecular flexibility index (Phi) is 3.69. The van der Waals surface area contributed by atoms with Gasteiger partial charge in [0, 0.05) is 12.7 Å². The molecule has 1 rings (SSSR count). The smallest absolute Gasteiger partial charge is 0.154 e. The summed E-state index contributed by atoms with van der Waals surface area (Å²) < 4.78 is 4.80. The largest absolute Gasteiger partial charge is 0.383 e. The van der Waals surface area contributed by atoms with Crippen LogP contribution in [0.1, 0.15) is 6.92 Å². The number of hydrogen-bond donors (Lipinski definition) is 0. The van der Waals surface area contributed by atoms with Crippen molar-refractivity contribution < 1.29 is 0 Å². The Hall–Kier alpha value is -0.556. The molecule has 0 amide bonds. The third-order valence-corrected chi connectivity index (χ3v) is 6.70. The molecule has 0 spiro atoms. The second-order valence-corrected chi connectivity index (χ2v) is 16.0. The maximum atomic E-state index is 4.58.